The summed E-state index contributed by atoms with van der Waals surface area (Å²) in [6.45, 7) is 3.15. The highest BCUT2D eigenvalue weighted by Gasteiger charge is 2.51. The van der Waals surface area contributed by atoms with Gasteiger partial charge >= 0.3 is 19.8 Å². The average molecular weight is 833 g/mol. The zero-order valence-electron chi connectivity index (χ0n) is 34.9. The topological polar surface area (TPSA) is 210 Å². The number of allylic oxidation sites excluding steroid dienone is 5. The Morgan fingerprint density at radius 1 is 0.579 bits per heavy atom. The van der Waals surface area contributed by atoms with Crippen molar-refractivity contribution >= 4 is 19.8 Å². The van der Waals surface area contributed by atoms with Crippen molar-refractivity contribution in [1.82, 2.24) is 0 Å². The fourth-order valence-corrected chi connectivity index (χ4v) is 7.46. The van der Waals surface area contributed by atoms with Gasteiger partial charge in [-0.2, -0.15) is 0 Å². The third-order valence-electron chi connectivity index (χ3n) is 10.1. The lowest BCUT2D eigenvalue weighted by Gasteiger charge is -2.41. The smallest absolute Gasteiger partial charge is 0.458 e. The van der Waals surface area contributed by atoms with Crippen LogP contribution in [-0.4, -0.2) is 98.3 Å². The van der Waals surface area contributed by atoms with E-state index < -0.39 is 75.7 Å². The van der Waals surface area contributed by atoms with E-state index in [-0.39, 0.29) is 6.42 Å². The Labute approximate surface area is 342 Å². The van der Waals surface area contributed by atoms with Crippen molar-refractivity contribution < 1.29 is 63.1 Å². The lowest BCUT2D eigenvalue weighted by Crippen LogP contribution is -2.64. The first kappa shape index (κ1) is 53.1. The number of phosphoric acid groups is 1. The molecule has 1 rings (SSSR count). The summed E-state index contributed by atoms with van der Waals surface area (Å²) in [5, 5.41) is 50.0. The van der Waals surface area contributed by atoms with Gasteiger partial charge in [-0.25, -0.2) is 9.36 Å². The van der Waals surface area contributed by atoms with Crippen LogP contribution in [0.25, 0.3) is 0 Å². The molecule has 57 heavy (non-hydrogen) atoms. The summed E-state index contributed by atoms with van der Waals surface area (Å²) < 4.78 is 33.2. The molecule has 0 spiro atoms. The monoisotopic (exact) mass is 833 g/mol. The molecule has 0 heterocycles. The van der Waals surface area contributed by atoms with Crippen LogP contribution in [0.4, 0.5) is 0 Å². The van der Waals surface area contributed by atoms with Gasteiger partial charge in [-0.05, 0) is 44.9 Å². The summed E-state index contributed by atoms with van der Waals surface area (Å²) in [6, 6.07) is 0. The predicted molar refractivity (Wildman–Crippen MR) is 221 cm³/mol. The molecule has 0 amide bonds. The summed E-state index contributed by atoms with van der Waals surface area (Å²) in [5.74, 6) is -1.37. The van der Waals surface area contributed by atoms with Gasteiger partial charge in [-0.1, -0.05) is 147 Å². The molecule has 0 aromatic carbocycles. The molecule has 8 atom stereocenters. The molecular weight excluding hydrogens is 755 g/mol. The average Bonchev–Trinajstić information content (AvgIpc) is 3.19. The van der Waals surface area contributed by atoms with E-state index in [0.717, 1.165) is 44.9 Å². The van der Waals surface area contributed by atoms with Crippen LogP contribution in [0.1, 0.15) is 168 Å². The van der Waals surface area contributed by atoms with E-state index >= 15 is 0 Å². The van der Waals surface area contributed by atoms with Gasteiger partial charge in [0.15, 0.2) is 6.10 Å². The van der Waals surface area contributed by atoms with Crippen molar-refractivity contribution in [3.05, 3.63) is 36.5 Å². The first-order chi connectivity index (χ1) is 27.4. The number of carbonyl (C=O) groups excluding carboxylic acids is 2. The van der Waals surface area contributed by atoms with Gasteiger partial charge in [0, 0.05) is 12.5 Å². The Morgan fingerprint density at radius 3 is 1.53 bits per heavy atom. The molecule has 1 aliphatic carbocycles. The highest BCUT2D eigenvalue weighted by molar-refractivity contribution is 7.47. The van der Waals surface area contributed by atoms with Crippen molar-refractivity contribution in [1.29, 1.82) is 0 Å². The third kappa shape index (κ3) is 26.7. The highest BCUT2D eigenvalue weighted by Crippen LogP contribution is 2.47. The number of phosphoric ester groups is 1. The lowest BCUT2D eigenvalue weighted by atomic mass is 9.85. The van der Waals surface area contributed by atoms with Gasteiger partial charge in [0.1, 0.15) is 43.2 Å². The summed E-state index contributed by atoms with van der Waals surface area (Å²) in [5.41, 5.74) is 0. The first-order valence-electron chi connectivity index (χ1n) is 21.8. The molecule has 1 saturated carbocycles. The van der Waals surface area contributed by atoms with Crippen LogP contribution < -0.4 is 0 Å². The fourth-order valence-electron chi connectivity index (χ4n) is 6.49. The highest BCUT2D eigenvalue weighted by atomic mass is 31.2. The molecule has 332 valence electrons. The summed E-state index contributed by atoms with van der Waals surface area (Å²) in [4.78, 5) is 35.4. The van der Waals surface area contributed by atoms with Gasteiger partial charge in [-0.15, -0.1) is 0 Å². The van der Waals surface area contributed by atoms with Gasteiger partial charge in [-0.3, -0.25) is 13.8 Å². The summed E-state index contributed by atoms with van der Waals surface area (Å²) in [7, 11) is -5.14. The maximum atomic E-state index is 12.8. The van der Waals surface area contributed by atoms with Crippen molar-refractivity contribution in [2.75, 3.05) is 13.2 Å². The fraction of sp³-hybridized carbons (Fsp3) is 0.814. The van der Waals surface area contributed by atoms with E-state index in [0.29, 0.717) is 6.42 Å². The van der Waals surface area contributed by atoms with E-state index in [4.69, 9.17) is 18.5 Å². The maximum Gasteiger partial charge on any atom is 0.472 e. The zero-order chi connectivity index (χ0) is 42.2. The molecule has 14 heteroatoms. The number of esters is 2. The number of ether oxygens (including phenoxy) is 2. The number of carbonyl (C=O) groups is 2. The summed E-state index contributed by atoms with van der Waals surface area (Å²) in [6.07, 6.45) is 24.1. The number of aliphatic hydroxyl groups is 5. The molecule has 0 aromatic rings. The molecule has 0 aromatic heterocycles. The number of rotatable bonds is 35. The third-order valence-corrected chi connectivity index (χ3v) is 11.0. The van der Waals surface area contributed by atoms with Crippen LogP contribution >= 0.6 is 7.82 Å². The molecule has 1 fully saturated rings. The van der Waals surface area contributed by atoms with Crippen LogP contribution in [0, 0.1) is 0 Å². The molecule has 0 saturated heterocycles. The van der Waals surface area contributed by atoms with Gasteiger partial charge < -0.3 is 39.9 Å². The molecule has 6 unspecified atom stereocenters. The predicted octanol–water partition coefficient (Wildman–Crippen LogP) is 7.83. The Bertz CT molecular complexity index is 1150. The van der Waals surface area contributed by atoms with Crippen molar-refractivity contribution in [2.45, 2.75) is 211 Å². The summed E-state index contributed by atoms with van der Waals surface area (Å²) >= 11 is 0. The van der Waals surface area contributed by atoms with E-state index in [1.54, 1.807) is 12.2 Å². The van der Waals surface area contributed by atoms with E-state index in [9.17, 15) is 44.6 Å². The first-order valence-corrected chi connectivity index (χ1v) is 23.3. The standard InChI is InChI=1S/C43H77O13P/c1-3-5-7-9-11-13-15-17-18-20-21-23-25-27-29-31-36(44)53-33-35(34-54-57(51,52)56-43-41(49)39(47)38(46)40(48)42(43)50)55-37(45)32-30-28-26-24-22-19-16-14-12-10-8-6-4-2/h19,22,25,27,29,31,35,38-43,46-50H,3-18,20-21,23-24,26,28,30,32-34H2,1-2H3,(H,51,52)/b22-19+,27-25+,31-29+/t35-,38?,39-,40?,41?,42?,43?/m0/s1. The molecular formula is C43H77O13P. The number of hydrogen-bond donors (Lipinski definition) is 6. The SMILES string of the molecule is CCCCCCCC/C=C/CCCCCC(=O)O[C@@H](COC(=O)/C=C/C=C/CCCCCCCCCCCCC)COP(=O)(O)OC1C(O)C(O)C(O)[C@H](O)C1O. The number of aliphatic hydroxyl groups excluding tert-OH is 5. The minimum Gasteiger partial charge on any atom is -0.458 e. The Hall–Kier alpha value is -1.93. The van der Waals surface area contributed by atoms with Gasteiger partial charge in [0.05, 0.1) is 6.61 Å². The van der Waals surface area contributed by atoms with Crippen molar-refractivity contribution in [3.8, 4) is 0 Å². The second kappa shape index (κ2) is 33.9. The normalized spacial score (nSPS) is 23.0. The Kier molecular flexibility index (Phi) is 31.5. The van der Waals surface area contributed by atoms with Crippen LogP contribution in [0.2, 0.25) is 0 Å². The van der Waals surface area contributed by atoms with Crippen molar-refractivity contribution in [2.24, 2.45) is 0 Å². The van der Waals surface area contributed by atoms with Crippen LogP contribution in [-0.2, 0) is 32.7 Å². The van der Waals surface area contributed by atoms with E-state index in [2.05, 4.69) is 26.0 Å². The minimum atomic E-state index is -5.14. The Balaban J connectivity index is 2.55. The van der Waals surface area contributed by atoms with Gasteiger partial charge in [0.2, 0.25) is 0 Å². The second-order valence-electron chi connectivity index (χ2n) is 15.3. The van der Waals surface area contributed by atoms with E-state index in [1.165, 1.54) is 102 Å². The Morgan fingerprint density at radius 2 is 1.02 bits per heavy atom. The number of unbranched alkanes of at least 4 members (excludes halogenated alkanes) is 20. The van der Waals surface area contributed by atoms with Crippen LogP contribution in [0.15, 0.2) is 36.5 Å². The zero-order valence-corrected chi connectivity index (χ0v) is 35.8. The lowest BCUT2D eigenvalue weighted by molar-refractivity contribution is -0.220. The quantitative estimate of drug-likeness (QED) is 0.00900. The minimum absolute atomic E-state index is 0.0571. The largest absolute Gasteiger partial charge is 0.472 e. The van der Waals surface area contributed by atoms with Crippen molar-refractivity contribution in [3.63, 3.8) is 0 Å². The maximum absolute atomic E-state index is 12.8. The van der Waals surface area contributed by atoms with Crippen LogP contribution in [0.3, 0.4) is 0 Å². The number of hydrogen-bond acceptors (Lipinski definition) is 12. The molecule has 13 nitrogen and oxygen atoms in total. The molecule has 1 aliphatic rings. The molecule has 0 radical (unpaired) electrons. The van der Waals surface area contributed by atoms with E-state index in [1.807, 2.05) is 6.08 Å². The van der Waals surface area contributed by atoms with Crippen LogP contribution in [0.5, 0.6) is 0 Å². The molecule has 6 N–H and O–H groups in total. The molecule has 0 aliphatic heterocycles. The van der Waals surface area contributed by atoms with Gasteiger partial charge in [0.25, 0.3) is 0 Å². The molecule has 0 bridgehead atoms. The second-order valence-corrected chi connectivity index (χ2v) is 16.7.